The van der Waals surface area contributed by atoms with E-state index in [0.29, 0.717) is 23.8 Å². The molecule has 2 rings (SSSR count). The van der Waals surface area contributed by atoms with Crippen LogP contribution in [0.25, 0.3) is 0 Å². The molecular formula is C12H12N4O. The van der Waals surface area contributed by atoms with Crippen LogP contribution in [0.4, 0.5) is 5.69 Å². The second-order valence-corrected chi connectivity index (χ2v) is 3.72. The molecule has 2 aromatic rings. The molecule has 1 aromatic carbocycles. The largest absolute Gasteiger partial charge is 0.378 e. The summed E-state index contributed by atoms with van der Waals surface area (Å²) in [6.45, 7) is 4.16. The Morgan fingerprint density at radius 2 is 2.24 bits per heavy atom. The van der Waals surface area contributed by atoms with Crippen molar-refractivity contribution in [2.24, 2.45) is 0 Å². The normalized spacial score (nSPS) is 9.94. The minimum atomic E-state index is 0.503. The number of anilines is 1. The van der Waals surface area contributed by atoms with E-state index in [1.807, 2.05) is 19.1 Å². The number of nitrogens with one attached hydrogen (secondary N) is 1. The Labute approximate surface area is 99.1 Å². The standard InChI is InChI=1S/C12H12N4O/c1-8-5-11(4-3-10(8)6-13)14-7-12-15-9(2)17-16-12/h3-5,14H,7H2,1-2H3. The van der Waals surface area contributed by atoms with Crippen LogP contribution in [0.2, 0.25) is 0 Å². The van der Waals surface area contributed by atoms with Gasteiger partial charge in [0, 0.05) is 12.6 Å². The van der Waals surface area contributed by atoms with Crippen molar-refractivity contribution >= 4 is 5.69 Å². The Bertz CT molecular complexity index is 568. The lowest BCUT2D eigenvalue weighted by molar-refractivity contribution is 0.388. The van der Waals surface area contributed by atoms with E-state index in [4.69, 9.17) is 9.78 Å². The van der Waals surface area contributed by atoms with E-state index in [1.165, 1.54) is 0 Å². The molecule has 5 heteroatoms. The van der Waals surface area contributed by atoms with Crippen molar-refractivity contribution < 1.29 is 4.52 Å². The van der Waals surface area contributed by atoms with Crippen molar-refractivity contribution in [3.8, 4) is 6.07 Å². The summed E-state index contributed by atoms with van der Waals surface area (Å²) in [7, 11) is 0. The fourth-order valence-electron chi connectivity index (χ4n) is 1.49. The Kier molecular flexibility index (Phi) is 3.06. The molecule has 0 amide bonds. The highest BCUT2D eigenvalue weighted by atomic mass is 16.5. The van der Waals surface area contributed by atoms with E-state index < -0.39 is 0 Å². The molecule has 0 radical (unpaired) electrons. The fourth-order valence-corrected chi connectivity index (χ4v) is 1.49. The molecule has 0 unspecified atom stereocenters. The van der Waals surface area contributed by atoms with Crippen LogP contribution >= 0.6 is 0 Å². The Morgan fingerprint density at radius 3 is 2.82 bits per heavy atom. The van der Waals surface area contributed by atoms with Gasteiger partial charge in [-0.25, -0.2) is 0 Å². The average molecular weight is 228 g/mol. The van der Waals surface area contributed by atoms with Gasteiger partial charge in [-0.15, -0.1) is 0 Å². The van der Waals surface area contributed by atoms with Gasteiger partial charge < -0.3 is 9.84 Å². The van der Waals surface area contributed by atoms with Crippen molar-refractivity contribution in [1.82, 2.24) is 10.1 Å². The van der Waals surface area contributed by atoms with E-state index in [0.717, 1.165) is 11.3 Å². The number of rotatable bonds is 3. The number of aromatic nitrogens is 2. The maximum absolute atomic E-state index is 8.82. The summed E-state index contributed by atoms with van der Waals surface area (Å²) < 4.78 is 4.87. The fraction of sp³-hybridized carbons (Fsp3) is 0.250. The quantitative estimate of drug-likeness (QED) is 0.871. The molecule has 0 atom stereocenters. The Morgan fingerprint density at radius 1 is 1.41 bits per heavy atom. The highest BCUT2D eigenvalue weighted by Gasteiger charge is 2.03. The number of hydrogen-bond acceptors (Lipinski definition) is 5. The summed E-state index contributed by atoms with van der Waals surface area (Å²) in [6, 6.07) is 7.70. The van der Waals surface area contributed by atoms with Gasteiger partial charge in [0.2, 0.25) is 5.89 Å². The zero-order valence-electron chi connectivity index (χ0n) is 9.69. The molecule has 1 aromatic heterocycles. The molecule has 0 fully saturated rings. The van der Waals surface area contributed by atoms with Crippen LogP contribution in [0, 0.1) is 25.2 Å². The maximum Gasteiger partial charge on any atom is 0.223 e. The first-order valence-electron chi connectivity index (χ1n) is 5.23. The van der Waals surface area contributed by atoms with E-state index in [9.17, 15) is 0 Å². The van der Waals surface area contributed by atoms with Crippen LogP contribution in [-0.4, -0.2) is 10.1 Å². The second kappa shape index (κ2) is 4.66. The predicted octanol–water partition coefficient (Wildman–Crippen LogP) is 2.17. The average Bonchev–Trinajstić information content (AvgIpc) is 2.73. The summed E-state index contributed by atoms with van der Waals surface area (Å²) in [6.07, 6.45) is 0. The lowest BCUT2D eigenvalue weighted by atomic mass is 10.1. The van der Waals surface area contributed by atoms with Crippen LogP contribution in [0.15, 0.2) is 22.7 Å². The first-order valence-corrected chi connectivity index (χ1v) is 5.23. The maximum atomic E-state index is 8.82. The van der Waals surface area contributed by atoms with Crippen LogP contribution in [0.1, 0.15) is 22.8 Å². The Balaban J connectivity index is 2.05. The highest BCUT2D eigenvalue weighted by molar-refractivity contribution is 5.51. The van der Waals surface area contributed by atoms with E-state index in [-0.39, 0.29) is 0 Å². The SMILES string of the molecule is Cc1nc(CNc2ccc(C#N)c(C)c2)no1. The van der Waals surface area contributed by atoms with Gasteiger partial charge in [-0.05, 0) is 30.7 Å². The summed E-state index contributed by atoms with van der Waals surface area (Å²) in [4.78, 5) is 4.09. The lowest BCUT2D eigenvalue weighted by Gasteiger charge is -2.05. The third kappa shape index (κ3) is 2.61. The molecule has 0 aliphatic rings. The molecular weight excluding hydrogens is 216 g/mol. The predicted molar refractivity (Wildman–Crippen MR) is 62.3 cm³/mol. The molecule has 0 spiro atoms. The van der Waals surface area contributed by atoms with Crippen molar-refractivity contribution in [2.45, 2.75) is 20.4 Å². The number of hydrogen-bond donors (Lipinski definition) is 1. The topological polar surface area (TPSA) is 74.7 Å². The number of nitrogens with zero attached hydrogens (tertiary/aromatic N) is 3. The summed E-state index contributed by atoms with van der Waals surface area (Å²) in [5.41, 5.74) is 2.57. The van der Waals surface area contributed by atoms with Gasteiger partial charge in [0.15, 0.2) is 5.82 Å². The molecule has 0 saturated carbocycles. The smallest absolute Gasteiger partial charge is 0.223 e. The van der Waals surface area contributed by atoms with Crippen LogP contribution < -0.4 is 5.32 Å². The highest BCUT2D eigenvalue weighted by Crippen LogP contribution is 2.14. The first kappa shape index (κ1) is 11.1. The molecule has 0 aliphatic heterocycles. The van der Waals surface area contributed by atoms with E-state index in [1.54, 1.807) is 13.0 Å². The summed E-state index contributed by atoms with van der Waals surface area (Å²) >= 11 is 0. The van der Waals surface area contributed by atoms with Gasteiger partial charge in [0.25, 0.3) is 0 Å². The number of nitriles is 1. The van der Waals surface area contributed by atoms with Gasteiger partial charge in [0.05, 0.1) is 18.2 Å². The van der Waals surface area contributed by atoms with Gasteiger partial charge in [-0.3, -0.25) is 0 Å². The van der Waals surface area contributed by atoms with Crippen molar-refractivity contribution in [2.75, 3.05) is 5.32 Å². The summed E-state index contributed by atoms with van der Waals surface area (Å²) in [5, 5.41) is 15.8. The minimum Gasteiger partial charge on any atom is -0.378 e. The Hall–Kier alpha value is -2.35. The number of aryl methyl sites for hydroxylation is 2. The molecule has 0 bridgehead atoms. The van der Waals surface area contributed by atoms with Crippen LogP contribution in [0.5, 0.6) is 0 Å². The third-order valence-electron chi connectivity index (χ3n) is 2.37. The first-order chi connectivity index (χ1) is 8.19. The lowest BCUT2D eigenvalue weighted by Crippen LogP contribution is -2.01. The zero-order valence-corrected chi connectivity index (χ0v) is 9.69. The third-order valence-corrected chi connectivity index (χ3v) is 2.37. The minimum absolute atomic E-state index is 0.503. The monoisotopic (exact) mass is 228 g/mol. The van der Waals surface area contributed by atoms with Gasteiger partial charge in [0.1, 0.15) is 0 Å². The van der Waals surface area contributed by atoms with Crippen molar-refractivity contribution in [1.29, 1.82) is 5.26 Å². The number of benzene rings is 1. The van der Waals surface area contributed by atoms with Gasteiger partial charge in [-0.2, -0.15) is 10.2 Å². The molecule has 0 saturated heterocycles. The van der Waals surface area contributed by atoms with Crippen LogP contribution in [0.3, 0.4) is 0 Å². The molecule has 17 heavy (non-hydrogen) atoms. The molecule has 86 valence electrons. The van der Waals surface area contributed by atoms with E-state index >= 15 is 0 Å². The second-order valence-electron chi connectivity index (χ2n) is 3.72. The van der Waals surface area contributed by atoms with Crippen molar-refractivity contribution in [3.63, 3.8) is 0 Å². The summed E-state index contributed by atoms with van der Waals surface area (Å²) in [5.74, 6) is 1.17. The molecule has 1 heterocycles. The van der Waals surface area contributed by atoms with Crippen LogP contribution in [-0.2, 0) is 6.54 Å². The van der Waals surface area contributed by atoms with Crippen molar-refractivity contribution in [3.05, 3.63) is 41.0 Å². The van der Waals surface area contributed by atoms with E-state index in [2.05, 4.69) is 21.5 Å². The molecule has 5 nitrogen and oxygen atoms in total. The zero-order chi connectivity index (χ0) is 12.3. The van der Waals surface area contributed by atoms with Gasteiger partial charge in [-0.1, -0.05) is 5.16 Å². The van der Waals surface area contributed by atoms with Gasteiger partial charge >= 0.3 is 0 Å². The molecule has 1 N–H and O–H groups in total. The molecule has 0 aliphatic carbocycles.